The number of ether oxygens (including phenoxy) is 1. The molecule has 1 aromatic heterocycles. The smallest absolute Gasteiger partial charge is 0.293 e. The van der Waals surface area contributed by atoms with Crippen molar-refractivity contribution in [3.05, 3.63) is 64.5 Å². The molecule has 0 radical (unpaired) electrons. The second-order valence-electron chi connectivity index (χ2n) is 7.92. The largest absolute Gasteiger partial charge is 0.462 e. The summed E-state index contributed by atoms with van der Waals surface area (Å²) >= 11 is 0. The van der Waals surface area contributed by atoms with Crippen LogP contribution in [0.4, 0.5) is 0 Å². The van der Waals surface area contributed by atoms with Gasteiger partial charge in [-0.25, -0.2) is 0 Å². The molecule has 0 amide bonds. The van der Waals surface area contributed by atoms with E-state index in [1.54, 1.807) is 0 Å². The van der Waals surface area contributed by atoms with E-state index in [2.05, 4.69) is 64.4 Å². The summed E-state index contributed by atoms with van der Waals surface area (Å²) < 4.78 is 4.55. The Bertz CT molecular complexity index is 809. The van der Waals surface area contributed by atoms with Gasteiger partial charge in [0.2, 0.25) is 0 Å². The lowest BCUT2D eigenvalue weighted by atomic mass is 9.97. The average Bonchev–Trinajstić information content (AvgIpc) is 2.67. The van der Waals surface area contributed by atoms with Crippen LogP contribution in [0, 0.1) is 13.8 Å². The lowest BCUT2D eigenvalue weighted by molar-refractivity contribution is -0.138. The van der Waals surface area contributed by atoms with Crippen LogP contribution in [0.5, 0.6) is 0 Å². The van der Waals surface area contributed by atoms with Crippen LogP contribution in [-0.2, 0) is 16.0 Å². The molecule has 2 heterocycles. The molecule has 1 N–H and O–H groups in total. The lowest BCUT2D eigenvalue weighted by Crippen LogP contribution is -2.21. The normalized spacial score (nSPS) is 13.8. The standard InChI is InChI=1S/C18H21N3.C5H10O2/c1-13-14(2)18(16-8-10-19-11-9-16)21-20-17(13)12-15-6-4-3-5-7-15;1-5(2,3)7-4-6/h3-8,19H,9-12H2,1-2H3;4H,1-3H3. The van der Waals surface area contributed by atoms with Crippen LogP contribution in [0.1, 0.15) is 55.3 Å². The van der Waals surface area contributed by atoms with Gasteiger partial charge in [-0.3, -0.25) is 4.79 Å². The van der Waals surface area contributed by atoms with Crippen LogP contribution in [0.25, 0.3) is 5.57 Å². The molecule has 1 aromatic carbocycles. The van der Waals surface area contributed by atoms with E-state index in [-0.39, 0.29) is 5.60 Å². The highest BCUT2D eigenvalue weighted by Crippen LogP contribution is 2.24. The molecule has 1 aliphatic rings. The zero-order chi connectivity index (χ0) is 20.6. The predicted octanol–water partition coefficient (Wildman–Crippen LogP) is 4.02. The van der Waals surface area contributed by atoms with Crippen molar-refractivity contribution >= 4 is 12.0 Å². The van der Waals surface area contributed by atoms with Crippen molar-refractivity contribution in [1.29, 1.82) is 0 Å². The number of nitrogens with zero attached hydrogens (tertiary/aromatic N) is 2. The average molecular weight is 382 g/mol. The molecule has 0 saturated carbocycles. The summed E-state index contributed by atoms with van der Waals surface area (Å²) in [5, 5.41) is 12.3. The van der Waals surface area contributed by atoms with Gasteiger partial charge in [-0.15, -0.1) is 0 Å². The monoisotopic (exact) mass is 381 g/mol. The van der Waals surface area contributed by atoms with E-state index in [0.29, 0.717) is 6.47 Å². The maximum absolute atomic E-state index is 9.60. The van der Waals surface area contributed by atoms with E-state index in [1.807, 2.05) is 26.8 Å². The number of benzene rings is 1. The zero-order valence-electron chi connectivity index (χ0n) is 17.6. The summed E-state index contributed by atoms with van der Waals surface area (Å²) in [5.41, 5.74) is 6.98. The van der Waals surface area contributed by atoms with Crippen LogP contribution in [0.15, 0.2) is 36.4 Å². The van der Waals surface area contributed by atoms with Gasteiger partial charge < -0.3 is 10.1 Å². The molecule has 3 rings (SSSR count). The molecule has 0 bridgehead atoms. The fourth-order valence-electron chi connectivity index (χ4n) is 2.90. The van der Waals surface area contributed by atoms with Crippen LogP contribution in [-0.4, -0.2) is 35.4 Å². The predicted molar refractivity (Wildman–Crippen MR) is 113 cm³/mol. The molecule has 0 saturated heterocycles. The Morgan fingerprint density at radius 1 is 1.11 bits per heavy atom. The Labute approximate surface area is 168 Å². The molecule has 28 heavy (non-hydrogen) atoms. The third-order valence-electron chi connectivity index (χ3n) is 4.61. The minimum absolute atomic E-state index is 0.318. The number of carbonyl (C=O) groups excluding carboxylic acids is 1. The maximum Gasteiger partial charge on any atom is 0.293 e. The Hall–Kier alpha value is -2.53. The first-order valence-corrected chi connectivity index (χ1v) is 9.70. The second kappa shape index (κ2) is 10.1. The Balaban J connectivity index is 0.000000345. The van der Waals surface area contributed by atoms with Gasteiger partial charge in [0.15, 0.2) is 0 Å². The van der Waals surface area contributed by atoms with Crippen molar-refractivity contribution in [3.8, 4) is 0 Å². The van der Waals surface area contributed by atoms with Gasteiger partial charge in [-0.2, -0.15) is 10.2 Å². The number of aromatic nitrogens is 2. The van der Waals surface area contributed by atoms with Crippen molar-refractivity contribution in [1.82, 2.24) is 15.5 Å². The minimum atomic E-state index is -0.318. The first kappa shape index (κ1) is 21.8. The first-order chi connectivity index (χ1) is 13.3. The van der Waals surface area contributed by atoms with Gasteiger partial charge in [0.1, 0.15) is 5.60 Å². The lowest BCUT2D eigenvalue weighted by Gasteiger charge is -2.17. The first-order valence-electron chi connectivity index (χ1n) is 9.70. The SMILES string of the molecule is CC(C)(C)OC=O.Cc1c(Cc2ccccc2)nnc(C2=CCNCC2)c1C. The van der Waals surface area contributed by atoms with Crippen LogP contribution in [0.2, 0.25) is 0 Å². The molecule has 150 valence electrons. The van der Waals surface area contributed by atoms with E-state index in [4.69, 9.17) is 0 Å². The Morgan fingerprint density at radius 3 is 2.36 bits per heavy atom. The summed E-state index contributed by atoms with van der Waals surface area (Å²) in [4.78, 5) is 9.60. The van der Waals surface area contributed by atoms with E-state index >= 15 is 0 Å². The topological polar surface area (TPSA) is 64.1 Å². The molecule has 0 fully saturated rings. The summed E-state index contributed by atoms with van der Waals surface area (Å²) in [6.45, 7) is 12.2. The molecule has 2 aromatic rings. The van der Waals surface area contributed by atoms with Crippen LogP contribution < -0.4 is 5.32 Å². The fourth-order valence-corrected chi connectivity index (χ4v) is 2.90. The van der Waals surface area contributed by atoms with Crippen molar-refractivity contribution in [2.45, 2.75) is 53.1 Å². The molecule has 1 aliphatic heterocycles. The van der Waals surface area contributed by atoms with E-state index < -0.39 is 0 Å². The molecule has 0 aliphatic carbocycles. The minimum Gasteiger partial charge on any atom is -0.462 e. The molecule has 0 spiro atoms. The Kier molecular flexibility index (Phi) is 7.88. The fraction of sp³-hybridized carbons (Fsp3) is 0.435. The van der Waals surface area contributed by atoms with Gasteiger partial charge in [0.05, 0.1) is 11.4 Å². The molecule has 0 atom stereocenters. The molecular formula is C23H31N3O2. The van der Waals surface area contributed by atoms with Crippen molar-refractivity contribution in [2.24, 2.45) is 0 Å². The van der Waals surface area contributed by atoms with E-state index in [9.17, 15) is 4.79 Å². The summed E-state index contributed by atoms with van der Waals surface area (Å²) in [6.07, 6.45) is 4.12. The highest BCUT2D eigenvalue weighted by Gasteiger charge is 2.15. The zero-order valence-corrected chi connectivity index (χ0v) is 17.6. The third kappa shape index (κ3) is 6.57. The molecular weight excluding hydrogens is 350 g/mol. The number of hydrogen-bond acceptors (Lipinski definition) is 5. The summed E-state index contributed by atoms with van der Waals surface area (Å²) in [6, 6.07) is 10.5. The van der Waals surface area contributed by atoms with Gasteiger partial charge >= 0.3 is 0 Å². The quantitative estimate of drug-likeness (QED) is 0.811. The summed E-state index contributed by atoms with van der Waals surface area (Å²) in [5.74, 6) is 0. The molecule has 5 heteroatoms. The highest BCUT2D eigenvalue weighted by atomic mass is 16.5. The maximum atomic E-state index is 9.60. The van der Waals surface area contributed by atoms with E-state index in [0.717, 1.165) is 37.3 Å². The highest BCUT2D eigenvalue weighted by molar-refractivity contribution is 5.66. The number of nitrogens with one attached hydrogen (secondary N) is 1. The number of carbonyl (C=O) groups is 1. The Morgan fingerprint density at radius 2 is 1.82 bits per heavy atom. The van der Waals surface area contributed by atoms with Crippen molar-refractivity contribution < 1.29 is 9.53 Å². The third-order valence-corrected chi connectivity index (χ3v) is 4.61. The summed E-state index contributed by atoms with van der Waals surface area (Å²) in [7, 11) is 0. The van der Waals surface area contributed by atoms with Crippen LogP contribution >= 0.6 is 0 Å². The number of rotatable bonds is 4. The van der Waals surface area contributed by atoms with Gasteiger partial charge in [-0.1, -0.05) is 36.4 Å². The molecule has 5 nitrogen and oxygen atoms in total. The van der Waals surface area contributed by atoms with Crippen molar-refractivity contribution in [3.63, 3.8) is 0 Å². The number of hydrogen-bond donors (Lipinski definition) is 1. The van der Waals surface area contributed by atoms with Gasteiger partial charge in [-0.05, 0) is 69.8 Å². The molecule has 0 unspecified atom stereocenters. The van der Waals surface area contributed by atoms with Crippen molar-refractivity contribution in [2.75, 3.05) is 13.1 Å². The van der Waals surface area contributed by atoms with Gasteiger partial charge in [0.25, 0.3) is 6.47 Å². The van der Waals surface area contributed by atoms with E-state index in [1.165, 1.54) is 22.3 Å². The second-order valence-corrected chi connectivity index (χ2v) is 7.92. The van der Waals surface area contributed by atoms with Crippen LogP contribution in [0.3, 0.4) is 0 Å². The van der Waals surface area contributed by atoms with Gasteiger partial charge in [0, 0.05) is 13.0 Å².